The maximum absolute atomic E-state index is 13.2. The Kier molecular flexibility index (Phi) is 12.5. The van der Waals surface area contributed by atoms with E-state index in [-0.39, 0.29) is 10.8 Å². The van der Waals surface area contributed by atoms with Crippen molar-refractivity contribution in [3.05, 3.63) is 47.7 Å². The second kappa shape index (κ2) is 16.4. The zero-order chi connectivity index (χ0) is 36.6. The minimum Gasteiger partial charge on any atom is -0.489 e. The second-order valence-corrected chi connectivity index (χ2v) is 13.6. The molecule has 1 unspecified atom stereocenters. The number of thiazole rings is 1. The zero-order valence-electron chi connectivity index (χ0n) is 27.5. The number of β-lactam (4-membered cyclic amide) rings is 1. The van der Waals surface area contributed by atoms with Crippen LogP contribution < -0.4 is 31.5 Å². The van der Waals surface area contributed by atoms with E-state index < -0.39 is 58.2 Å². The number of carbonyl (C=O) groups excluding carboxylic acids is 2. The van der Waals surface area contributed by atoms with Gasteiger partial charge in [-0.05, 0) is 64.0 Å². The van der Waals surface area contributed by atoms with Crippen LogP contribution in [-0.4, -0.2) is 100 Å². The molecule has 21 heteroatoms. The lowest BCUT2D eigenvalue weighted by molar-refractivity contribution is -0.753. The van der Waals surface area contributed by atoms with Crippen LogP contribution in [0, 0.1) is 0 Å². The third-order valence-corrected chi connectivity index (χ3v) is 8.57. The smallest absolute Gasteiger partial charge is 0.418 e. The van der Waals surface area contributed by atoms with Gasteiger partial charge < -0.3 is 36.8 Å². The van der Waals surface area contributed by atoms with Gasteiger partial charge in [-0.3, -0.25) is 14.1 Å². The second-order valence-electron chi connectivity index (χ2n) is 11.7. The molecule has 4 rings (SSSR count). The molecule has 2 aromatic heterocycles. The van der Waals surface area contributed by atoms with Crippen molar-refractivity contribution in [3.63, 3.8) is 0 Å². The lowest BCUT2D eigenvalue weighted by Crippen LogP contribution is -2.76. The molecular weight excluding hydrogens is 699 g/mol. The van der Waals surface area contributed by atoms with E-state index in [1.165, 1.54) is 19.2 Å². The number of hydrogen-bond acceptors (Lipinski definition) is 14. The van der Waals surface area contributed by atoms with Crippen LogP contribution in [0.25, 0.3) is 11.1 Å². The summed E-state index contributed by atoms with van der Waals surface area (Å²) in [6, 6.07) is 5.70. The molecule has 3 aromatic rings. The summed E-state index contributed by atoms with van der Waals surface area (Å²) >= 11 is 0.963. The van der Waals surface area contributed by atoms with Gasteiger partial charge in [-0.25, -0.2) is 9.78 Å². The molecule has 8 N–H and O–H groups in total. The van der Waals surface area contributed by atoms with E-state index >= 15 is 0 Å². The highest BCUT2D eigenvalue weighted by Crippen LogP contribution is 2.33. The monoisotopic (exact) mass is 738 g/mol. The molecule has 0 saturated carbocycles. The first-order valence-corrected chi connectivity index (χ1v) is 17.5. The Morgan fingerprint density at radius 1 is 1.20 bits per heavy atom. The molecule has 272 valence electrons. The van der Waals surface area contributed by atoms with Gasteiger partial charge >= 0.3 is 16.4 Å². The first-order valence-electron chi connectivity index (χ1n) is 15.3. The molecule has 3 heterocycles. The number of oxime groups is 1. The third-order valence-electron chi connectivity index (χ3n) is 7.55. The first-order chi connectivity index (χ1) is 23.6. The molecule has 2 atom stereocenters. The number of hydrogen-bond donors (Lipinski definition) is 6. The molecule has 0 bridgehead atoms. The number of anilines is 1. The molecule has 0 spiro atoms. The Morgan fingerprint density at radius 3 is 2.50 bits per heavy atom. The van der Waals surface area contributed by atoms with E-state index in [9.17, 15) is 27.9 Å². The first kappa shape index (κ1) is 38.1. The number of nitrogens with one attached hydrogen (secondary N) is 2. The average molecular weight is 739 g/mol. The number of carboxylic acid groups (broad SMARTS) is 1. The number of nitrogens with two attached hydrogens (primary N) is 2. The Bertz CT molecular complexity index is 1810. The van der Waals surface area contributed by atoms with Crippen molar-refractivity contribution in [2.45, 2.75) is 50.9 Å². The van der Waals surface area contributed by atoms with Crippen molar-refractivity contribution in [3.8, 4) is 16.9 Å². The van der Waals surface area contributed by atoms with E-state index in [2.05, 4.69) is 29.7 Å². The van der Waals surface area contributed by atoms with Gasteiger partial charge in [-0.2, -0.15) is 18.2 Å². The molecule has 19 nitrogen and oxygen atoms in total. The van der Waals surface area contributed by atoms with Crippen molar-refractivity contribution in [1.82, 2.24) is 25.4 Å². The van der Waals surface area contributed by atoms with Crippen molar-refractivity contribution < 1.29 is 51.0 Å². The van der Waals surface area contributed by atoms with Gasteiger partial charge in [0, 0.05) is 5.38 Å². The Hall–Kier alpha value is -4.67. The van der Waals surface area contributed by atoms with Crippen molar-refractivity contribution >= 4 is 50.4 Å². The van der Waals surface area contributed by atoms with E-state index in [0.717, 1.165) is 54.9 Å². The van der Waals surface area contributed by atoms with Crippen LogP contribution in [0.2, 0.25) is 0 Å². The molecule has 1 aliphatic rings. The van der Waals surface area contributed by atoms with Crippen LogP contribution in [-0.2, 0) is 47.5 Å². The van der Waals surface area contributed by atoms with E-state index in [1.807, 2.05) is 36.3 Å². The number of ether oxygens (including phenoxy) is 1. The Morgan fingerprint density at radius 2 is 1.90 bits per heavy atom. The lowest BCUT2D eigenvalue weighted by Gasteiger charge is -2.50. The quantitative estimate of drug-likeness (QED) is 0.0225. The molecule has 1 saturated heterocycles. The van der Waals surface area contributed by atoms with Gasteiger partial charge in [0.2, 0.25) is 6.20 Å². The summed E-state index contributed by atoms with van der Waals surface area (Å²) in [5.74, 6) is -3.10. The number of hydroxylamine groups is 2. The molecule has 0 radical (unpaired) electrons. The van der Waals surface area contributed by atoms with Crippen LogP contribution in [0.1, 0.15) is 32.4 Å². The SMILES string of the molecule is C[n+]1cc(-c2ccc(OCC(O/N=C(/C(=O)N[C@@H]3C(=O)N(OS(=O)(=O)O)C3(C)C)c3csc(N)n3)C(=O)O)cc2)cn1CCCNCCCN. The fraction of sp³-hybridized carbons (Fsp3) is 0.448. The minimum atomic E-state index is -5.02. The van der Waals surface area contributed by atoms with Crippen molar-refractivity contribution in [1.29, 1.82) is 0 Å². The van der Waals surface area contributed by atoms with E-state index in [0.29, 0.717) is 17.4 Å². The number of carbonyl (C=O) groups is 3. The van der Waals surface area contributed by atoms with Gasteiger partial charge in [0.25, 0.3) is 17.9 Å². The van der Waals surface area contributed by atoms with Crippen molar-refractivity contribution in [2.24, 2.45) is 17.9 Å². The molecule has 1 fully saturated rings. The highest BCUT2D eigenvalue weighted by molar-refractivity contribution is 7.80. The van der Waals surface area contributed by atoms with Crippen LogP contribution in [0.4, 0.5) is 5.13 Å². The lowest BCUT2D eigenvalue weighted by atomic mass is 9.84. The fourth-order valence-electron chi connectivity index (χ4n) is 4.85. The largest absolute Gasteiger partial charge is 0.489 e. The Labute approximate surface area is 291 Å². The highest BCUT2D eigenvalue weighted by atomic mass is 32.3. The number of aliphatic carboxylic acids is 1. The summed E-state index contributed by atoms with van der Waals surface area (Å²) in [5.41, 5.74) is 11.1. The summed E-state index contributed by atoms with van der Waals surface area (Å²) < 4.78 is 45.2. The third kappa shape index (κ3) is 9.73. The zero-order valence-corrected chi connectivity index (χ0v) is 29.1. The maximum Gasteiger partial charge on any atom is 0.418 e. The van der Waals surface area contributed by atoms with Gasteiger partial charge in [0.15, 0.2) is 17.9 Å². The van der Waals surface area contributed by atoms with Gasteiger partial charge in [0.05, 0.1) is 23.8 Å². The molecule has 1 aromatic carbocycles. The number of carboxylic acids is 1. The number of benzene rings is 1. The molecule has 2 amide bonds. The van der Waals surface area contributed by atoms with Crippen LogP contribution in [0.15, 0.2) is 47.2 Å². The predicted octanol–water partition coefficient (Wildman–Crippen LogP) is -0.560. The molecule has 0 aliphatic carbocycles. The Balaban J connectivity index is 1.39. The predicted molar refractivity (Wildman–Crippen MR) is 179 cm³/mol. The number of aryl methyl sites for hydroxylation is 2. The number of rotatable bonds is 19. The molecule has 1 aliphatic heterocycles. The van der Waals surface area contributed by atoms with Crippen LogP contribution in [0.3, 0.4) is 0 Å². The van der Waals surface area contributed by atoms with Gasteiger partial charge in [-0.1, -0.05) is 17.3 Å². The molecular formula is C29H40N9O10S2+. The van der Waals surface area contributed by atoms with Crippen LogP contribution >= 0.6 is 11.3 Å². The topological polar surface area (TPSA) is 267 Å². The summed E-state index contributed by atoms with van der Waals surface area (Å²) in [6.45, 7) is 5.51. The minimum absolute atomic E-state index is 0.0616. The number of amides is 2. The fourth-order valence-corrected chi connectivity index (χ4v) is 5.85. The van der Waals surface area contributed by atoms with Gasteiger partial charge in [0.1, 0.15) is 24.1 Å². The normalized spacial score (nSPS) is 16.5. The maximum atomic E-state index is 13.2. The standard InChI is InChI=1S/C29H39N9O10S2/c1-29(2)24(26(40)38(29)48-50(43,44)45)34-25(39)23(21-17-49-28(31)33-21)35-47-22(27(41)42)16-46-20-8-6-18(7-9-20)19-14-36(3)37(15-19)13-5-12-32-11-4-10-30/h6-9,14-15,17,22,24,32H,4-5,10-13,16,30H2,1-3H3,(H4-,31,33,34,39,41,42,43,44,45)/p+1/b35-23+/t22?,24-/m1/s1. The highest BCUT2D eigenvalue weighted by Gasteiger charge is 2.58. The summed E-state index contributed by atoms with van der Waals surface area (Å²) in [5, 5.41) is 21.1. The summed E-state index contributed by atoms with van der Waals surface area (Å²) in [7, 11) is -3.06. The van der Waals surface area contributed by atoms with Crippen LogP contribution in [0.5, 0.6) is 5.75 Å². The van der Waals surface area contributed by atoms with Gasteiger partial charge in [-0.15, -0.1) is 20.3 Å². The number of nitrogen functional groups attached to an aromatic ring is 1. The van der Waals surface area contributed by atoms with E-state index in [1.54, 1.807) is 12.1 Å². The van der Waals surface area contributed by atoms with Crippen molar-refractivity contribution in [2.75, 3.05) is 32.0 Å². The summed E-state index contributed by atoms with van der Waals surface area (Å²) in [6.07, 6.45) is 4.25. The number of aromatic nitrogens is 3. The average Bonchev–Trinajstić information content (AvgIpc) is 3.66. The molecule has 50 heavy (non-hydrogen) atoms. The van der Waals surface area contributed by atoms with E-state index in [4.69, 9.17) is 25.6 Å². The number of nitrogens with zero attached hydrogens (tertiary/aromatic N) is 5. The summed E-state index contributed by atoms with van der Waals surface area (Å²) in [4.78, 5) is 47.0.